The molecule has 1 aromatic carbocycles. The zero-order valence-electron chi connectivity index (χ0n) is 10.3. The monoisotopic (exact) mass is 354 g/mol. The van der Waals surface area contributed by atoms with Gasteiger partial charge in [0.2, 0.25) is 0 Å². The Hall–Kier alpha value is -0.720. The molecule has 7 heteroatoms. The number of carbonyl (C=O) groups excluding carboxylic acids is 1. The van der Waals surface area contributed by atoms with Gasteiger partial charge in [-0.25, -0.2) is 8.78 Å². The Balaban J connectivity index is 0.00000180. The van der Waals surface area contributed by atoms with Crippen LogP contribution in [0, 0.1) is 11.6 Å². The summed E-state index contributed by atoms with van der Waals surface area (Å²) in [5.41, 5.74) is 0.156. The maximum Gasteiger partial charge on any atom is 0.255 e. The van der Waals surface area contributed by atoms with Gasteiger partial charge in [-0.15, -0.1) is 12.4 Å². The lowest BCUT2D eigenvalue weighted by Crippen LogP contribution is -2.51. The maximum atomic E-state index is 13.2. The van der Waals surface area contributed by atoms with Gasteiger partial charge in [-0.05, 0) is 35.0 Å². The van der Waals surface area contributed by atoms with Gasteiger partial charge in [0.15, 0.2) is 11.6 Å². The number of piperazine rings is 1. The van der Waals surface area contributed by atoms with Gasteiger partial charge >= 0.3 is 0 Å². The molecule has 0 unspecified atom stereocenters. The fourth-order valence-corrected chi connectivity index (χ4v) is 2.46. The van der Waals surface area contributed by atoms with E-state index < -0.39 is 11.6 Å². The summed E-state index contributed by atoms with van der Waals surface area (Å²) < 4.78 is 26.4. The van der Waals surface area contributed by atoms with E-state index >= 15 is 0 Å². The van der Waals surface area contributed by atoms with Crippen molar-refractivity contribution in [2.75, 3.05) is 19.6 Å². The van der Waals surface area contributed by atoms with Crippen molar-refractivity contribution in [3.63, 3.8) is 0 Å². The van der Waals surface area contributed by atoms with Gasteiger partial charge in [0.25, 0.3) is 5.91 Å². The summed E-state index contributed by atoms with van der Waals surface area (Å²) in [5.74, 6) is -2.26. The first-order valence-corrected chi connectivity index (χ1v) is 6.45. The minimum atomic E-state index is -1.01. The first-order valence-electron chi connectivity index (χ1n) is 5.66. The SMILES string of the molecule is C[C@@H]1CN(C(=O)c2cc(F)c(F)cc2Br)CCN1.Cl. The summed E-state index contributed by atoms with van der Waals surface area (Å²) in [7, 11) is 0. The summed E-state index contributed by atoms with van der Waals surface area (Å²) in [4.78, 5) is 13.8. The molecule has 19 heavy (non-hydrogen) atoms. The summed E-state index contributed by atoms with van der Waals surface area (Å²) in [5, 5.41) is 3.21. The molecule has 1 saturated heterocycles. The van der Waals surface area contributed by atoms with Crippen LogP contribution in [0.2, 0.25) is 0 Å². The van der Waals surface area contributed by atoms with Gasteiger partial charge in [-0.3, -0.25) is 4.79 Å². The number of nitrogens with zero attached hydrogens (tertiary/aromatic N) is 1. The Kier molecular flexibility index (Phi) is 5.70. The number of hydrogen-bond acceptors (Lipinski definition) is 2. The maximum absolute atomic E-state index is 13.2. The average molecular weight is 356 g/mol. The molecule has 2 rings (SSSR count). The minimum Gasteiger partial charge on any atom is -0.336 e. The standard InChI is InChI=1S/C12H13BrF2N2O.ClH/c1-7-6-17(3-2-16-7)12(18)8-4-10(14)11(15)5-9(8)13;/h4-5,7,16H,2-3,6H2,1H3;1H/t7-;/m1./s1. The van der Waals surface area contributed by atoms with E-state index in [4.69, 9.17) is 0 Å². The zero-order chi connectivity index (χ0) is 13.3. The van der Waals surface area contributed by atoms with Crippen molar-refractivity contribution >= 4 is 34.2 Å². The lowest BCUT2D eigenvalue weighted by Gasteiger charge is -2.32. The van der Waals surface area contributed by atoms with Crippen LogP contribution in [0.3, 0.4) is 0 Å². The molecule has 0 radical (unpaired) electrons. The molecule has 0 spiro atoms. The van der Waals surface area contributed by atoms with Gasteiger partial charge in [0.05, 0.1) is 5.56 Å². The predicted octanol–water partition coefficient (Wildman–Crippen LogP) is 2.58. The highest BCUT2D eigenvalue weighted by atomic mass is 79.9. The van der Waals surface area contributed by atoms with E-state index in [-0.39, 0.29) is 34.4 Å². The topological polar surface area (TPSA) is 32.3 Å². The van der Waals surface area contributed by atoms with Gasteiger partial charge in [-0.1, -0.05) is 0 Å². The van der Waals surface area contributed by atoms with Crippen LogP contribution in [0.15, 0.2) is 16.6 Å². The van der Waals surface area contributed by atoms with E-state index in [2.05, 4.69) is 21.2 Å². The smallest absolute Gasteiger partial charge is 0.255 e. The molecule has 1 amide bonds. The summed E-state index contributed by atoms with van der Waals surface area (Å²) in [6, 6.07) is 2.12. The van der Waals surface area contributed by atoms with Crippen LogP contribution in [0.5, 0.6) is 0 Å². The number of nitrogens with one attached hydrogen (secondary N) is 1. The highest BCUT2D eigenvalue weighted by Crippen LogP contribution is 2.22. The van der Waals surface area contributed by atoms with Crippen LogP contribution >= 0.6 is 28.3 Å². The third-order valence-corrected chi connectivity index (χ3v) is 3.55. The summed E-state index contributed by atoms with van der Waals surface area (Å²) >= 11 is 3.09. The second kappa shape index (κ2) is 6.63. The molecule has 1 aliphatic heterocycles. The Labute approximate surface area is 124 Å². The first kappa shape index (κ1) is 16.3. The molecule has 1 aromatic rings. The highest BCUT2D eigenvalue weighted by molar-refractivity contribution is 9.10. The molecular weight excluding hydrogens is 341 g/mol. The molecule has 1 fully saturated rings. The van der Waals surface area contributed by atoms with E-state index in [1.165, 1.54) is 0 Å². The van der Waals surface area contributed by atoms with Crippen LogP contribution < -0.4 is 5.32 Å². The van der Waals surface area contributed by atoms with Crippen molar-refractivity contribution in [2.24, 2.45) is 0 Å². The number of halogens is 4. The Morgan fingerprint density at radius 1 is 1.42 bits per heavy atom. The van der Waals surface area contributed by atoms with Crippen LogP contribution in [0.4, 0.5) is 8.78 Å². The first-order chi connectivity index (χ1) is 8.49. The van der Waals surface area contributed by atoms with E-state index in [9.17, 15) is 13.6 Å². The van der Waals surface area contributed by atoms with Crippen LogP contribution in [-0.4, -0.2) is 36.5 Å². The largest absolute Gasteiger partial charge is 0.336 e. The van der Waals surface area contributed by atoms with Crippen LogP contribution in [-0.2, 0) is 0 Å². The molecule has 0 aromatic heterocycles. The molecule has 1 atom stereocenters. The molecule has 3 nitrogen and oxygen atoms in total. The quantitative estimate of drug-likeness (QED) is 0.785. The lowest BCUT2D eigenvalue weighted by molar-refractivity contribution is 0.0707. The number of rotatable bonds is 1. The second-order valence-electron chi connectivity index (χ2n) is 4.35. The Morgan fingerprint density at radius 2 is 2.05 bits per heavy atom. The third kappa shape index (κ3) is 3.64. The average Bonchev–Trinajstić information content (AvgIpc) is 2.33. The third-order valence-electron chi connectivity index (χ3n) is 2.90. The van der Waals surface area contributed by atoms with Gasteiger partial charge < -0.3 is 10.2 Å². The van der Waals surface area contributed by atoms with Crippen molar-refractivity contribution in [1.29, 1.82) is 0 Å². The number of hydrogen-bond donors (Lipinski definition) is 1. The molecule has 106 valence electrons. The van der Waals surface area contributed by atoms with Crippen molar-refractivity contribution in [1.82, 2.24) is 10.2 Å². The normalized spacial score (nSPS) is 18.9. The van der Waals surface area contributed by atoms with Crippen molar-refractivity contribution in [3.8, 4) is 0 Å². The van der Waals surface area contributed by atoms with Crippen LogP contribution in [0.25, 0.3) is 0 Å². The van der Waals surface area contributed by atoms with E-state index in [1.54, 1.807) is 4.90 Å². The molecule has 0 bridgehead atoms. The highest BCUT2D eigenvalue weighted by Gasteiger charge is 2.24. The molecule has 0 saturated carbocycles. The number of benzene rings is 1. The fourth-order valence-electron chi connectivity index (χ4n) is 1.97. The Morgan fingerprint density at radius 3 is 2.68 bits per heavy atom. The minimum absolute atomic E-state index is 0. The van der Waals surface area contributed by atoms with E-state index in [1.807, 2.05) is 6.92 Å². The summed E-state index contributed by atoms with van der Waals surface area (Å²) in [6.45, 7) is 3.80. The van der Waals surface area contributed by atoms with E-state index in [0.717, 1.165) is 12.1 Å². The molecule has 1 heterocycles. The van der Waals surface area contributed by atoms with Crippen molar-refractivity contribution in [3.05, 3.63) is 33.8 Å². The fraction of sp³-hybridized carbons (Fsp3) is 0.417. The van der Waals surface area contributed by atoms with Gasteiger partial charge in [-0.2, -0.15) is 0 Å². The van der Waals surface area contributed by atoms with Gasteiger partial charge in [0.1, 0.15) is 0 Å². The molecular formula is C12H14BrClF2N2O. The zero-order valence-corrected chi connectivity index (χ0v) is 12.7. The van der Waals surface area contributed by atoms with Gasteiger partial charge in [0, 0.05) is 30.1 Å². The Bertz CT molecular complexity index is 487. The lowest BCUT2D eigenvalue weighted by atomic mass is 10.1. The molecule has 0 aliphatic carbocycles. The van der Waals surface area contributed by atoms with E-state index in [0.29, 0.717) is 19.6 Å². The number of amides is 1. The van der Waals surface area contributed by atoms with Crippen LogP contribution in [0.1, 0.15) is 17.3 Å². The summed E-state index contributed by atoms with van der Waals surface area (Å²) in [6.07, 6.45) is 0. The predicted molar refractivity (Wildman–Crippen MR) is 74.7 cm³/mol. The molecule has 1 N–H and O–H groups in total. The molecule has 1 aliphatic rings. The second-order valence-corrected chi connectivity index (χ2v) is 5.21. The van der Waals surface area contributed by atoms with Crippen molar-refractivity contribution in [2.45, 2.75) is 13.0 Å². The van der Waals surface area contributed by atoms with Crippen molar-refractivity contribution < 1.29 is 13.6 Å². The number of carbonyl (C=O) groups is 1.